The molecule has 1 aromatic rings. The van der Waals surface area contributed by atoms with E-state index in [0.717, 1.165) is 36.8 Å². The molecule has 0 aliphatic carbocycles. The monoisotopic (exact) mass is 506 g/mol. The second-order valence-corrected chi connectivity index (χ2v) is 24.8. The first-order valence-electron chi connectivity index (χ1n) is 13.7. The molecule has 0 spiro atoms. The van der Waals surface area contributed by atoms with Gasteiger partial charge in [0.2, 0.25) is 0 Å². The van der Waals surface area contributed by atoms with Crippen LogP contribution in [-0.4, -0.2) is 27.1 Å². The summed E-state index contributed by atoms with van der Waals surface area (Å²) in [5.41, 5.74) is 3.61. The first kappa shape index (κ1) is 31.4. The summed E-state index contributed by atoms with van der Waals surface area (Å²) in [5.74, 6) is 0.514. The number of rotatable bonds is 13. The molecule has 1 rings (SSSR count). The van der Waals surface area contributed by atoms with Crippen LogP contribution in [0.15, 0.2) is 12.1 Å². The molecule has 198 valence electrons. The Hall–Kier alpha value is -0.586. The Morgan fingerprint density at radius 3 is 1.94 bits per heavy atom. The van der Waals surface area contributed by atoms with Crippen LogP contribution in [-0.2, 0) is 16.3 Å². The van der Waals surface area contributed by atoms with E-state index in [1.807, 2.05) is 0 Å². The van der Waals surface area contributed by atoms with E-state index in [0.29, 0.717) is 5.75 Å². The quantitative estimate of drug-likeness (QED) is 0.270. The Balaban J connectivity index is 3.16. The Morgan fingerprint density at radius 1 is 0.882 bits per heavy atom. The number of unbranched alkanes of at least 4 members (excludes halogenated alkanes) is 1. The van der Waals surface area contributed by atoms with Crippen molar-refractivity contribution in [1.29, 1.82) is 0 Å². The number of hydrogen-bond donors (Lipinski definition) is 1. The zero-order chi connectivity index (χ0) is 26.6. The number of hydrogen-bond acceptors (Lipinski definition) is 2. The lowest BCUT2D eigenvalue weighted by molar-refractivity contribution is 0.0192. The van der Waals surface area contributed by atoms with E-state index in [4.69, 9.17) is 4.43 Å². The summed E-state index contributed by atoms with van der Waals surface area (Å²) in [7, 11) is -2.90. The van der Waals surface area contributed by atoms with Gasteiger partial charge in [-0.2, -0.15) is 0 Å². The molecule has 2 nitrogen and oxygen atoms in total. The van der Waals surface area contributed by atoms with E-state index in [9.17, 15) is 5.11 Å². The van der Waals surface area contributed by atoms with Gasteiger partial charge in [-0.05, 0) is 87.5 Å². The average Bonchev–Trinajstić information content (AvgIpc) is 2.58. The number of benzene rings is 1. The third-order valence-electron chi connectivity index (χ3n) is 6.74. The smallest absolute Gasteiger partial charge is 0.184 e. The second-order valence-electron chi connectivity index (χ2n) is 14.9. The molecule has 0 bridgehead atoms. The molecular formula is C30H58O2Si2. The molecule has 0 amide bonds. The fourth-order valence-electron chi connectivity index (χ4n) is 6.21. The molecule has 4 heteroatoms. The van der Waals surface area contributed by atoms with Crippen molar-refractivity contribution < 1.29 is 9.53 Å². The average molecular weight is 507 g/mol. The lowest BCUT2D eigenvalue weighted by Gasteiger charge is -2.45. The van der Waals surface area contributed by atoms with E-state index in [2.05, 4.69) is 99.9 Å². The second kappa shape index (κ2) is 11.6. The number of phenolic OH excluding ortho intramolecular Hbond substituents is 1. The molecule has 2 atom stereocenters. The molecule has 1 N–H and O–H groups in total. The lowest BCUT2D eigenvalue weighted by Crippen LogP contribution is -2.45. The topological polar surface area (TPSA) is 29.5 Å². The molecule has 2 unspecified atom stereocenters. The molecule has 0 aliphatic rings. The van der Waals surface area contributed by atoms with Crippen molar-refractivity contribution in [3.63, 3.8) is 0 Å². The lowest BCUT2D eigenvalue weighted by atomic mass is 9.75. The Labute approximate surface area is 215 Å². The van der Waals surface area contributed by atoms with Crippen LogP contribution in [0.1, 0.15) is 96.8 Å². The van der Waals surface area contributed by atoms with Gasteiger partial charge < -0.3 is 9.53 Å². The predicted molar refractivity (Wildman–Crippen MR) is 158 cm³/mol. The van der Waals surface area contributed by atoms with Gasteiger partial charge in [0.15, 0.2) is 8.32 Å². The van der Waals surface area contributed by atoms with Crippen LogP contribution in [0.5, 0.6) is 5.75 Å². The molecule has 0 heterocycles. The van der Waals surface area contributed by atoms with Crippen LogP contribution in [0.25, 0.3) is 0 Å². The van der Waals surface area contributed by atoms with Crippen molar-refractivity contribution in [3.8, 4) is 5.75 Å². The van der Waals surface area contributed by atoms with Gasteiger partial charge in [0.1, 0.15) is 5.75 Å². The highest BCUT2D eigenvalue weighted by Crippen LogP contribution is 2.45. The van der Waals surface area contributed by atoms with Crippen LogP contribution >= 0.6 is 0 Å². The van der Waals surface area contributed by atoms with Crippen molar-refractivity contribution in [2.45, 2.75) is 150 Å². The SMILES string of the molecule is CCCCC(C)(CC(C)(CCCc1cc(C)cc(C(C)(C)C)c1O)C[Si](C)(C)C)O[Si](C)(C)C. The van der Waals surface area contributed by atoms with Gasteiger partial charge >= 0.3 is 0 Å². The first-order valence-corrected chi connectivity index (χ1v) is 20.8. The zero-order valence-corrected chi connectivity index (χ0v) is 27.2. The molecule has 1 aromatic carbocycles. The summed E-state index contributed by atoms with van der Waals surface area (Å²) in [5, 5.41) is 11.1. The Bertz CT molecular complexity index is 783. The van der Waals surface area contributed by atoms with Crippen LogP contribution in [0.3, 0.4) is 0 Å². The summed E-state index contributed by atoms with van der Waals surface area (Å²) in [6.07, 6.45) is 7.99. The maximum Gasteiger partial charge on any atom is 0.184 e. The maximum atomic E-state index is 11.1. The summed E-state index contributed by atoms with van der Waals surface area (Å²) in [6, 6.07) is 5.67. The van der Waals surface area contributed by atoms with Gasteiger partial charge in [0, 0.05) is 8.07 Å². The molecular weight excluding hydrogens is 449 g/mol. The molecule has 0 fully saturated rings. The minimum Gasteiger partial charge on any atom is -0.507 e. The van der Waals surface area contributed by atoms with Gasteiger partial charge in [-0.25, -0.2) is 0 Å². The highest BCUT2D eigenvalue weighted by atomic mass is 28.4. The van der Waals surface area contributed by atoms with E-state index < -0.39 is 16.4 Å². The van der Waals surface area contributed by atoms with Crippen molar-refractivity contribution in [2.24, 2.45) is 5.41 Å². The third-order valence-corrected chi connectivity index (χ3v) is 9.76. The predicted octanol–water partition coefficient (Wildman–Crippen LogP) is 9.86. The Kier molecular flexibility index (Phi) is 10.8. The number of aromatic hydroxyl groups is 1. The van der Waals surface area contributed by atoms with Crippen LogP contribution in [0.2, 0.25) is 45.3 Å². The summed E-state index contributed by atoms with van der Waals surface area (Å²) >= 11 is 0. The fourth-order valence-corrected chi connectivity index (χ4v) is 10.7. The first-order chi connectivity index (χ1) is 15.2. The van der Waals surface area contributed by atoms with Crippen LogP contribution in [0, 0.1) is 12.3 Å². The minimum atomic E-state index is -1.64. The number of aryl methyl sites for hydroxylation is 2. The van der Waals surface area contributed by atoms with Crippen molar-refractivity contribution in [3.05, 3.63) is 28.8 Å². The zero-order valence-electron chi connectivity index (χ0n) is 25.2. The minimum absolute atomic E-state index is 0.0419. The Morgan fingerprint density at radius 2 is 1.47 bits per heavy atom. The molecule has 0 aliphatic heterocycles. The third kappa shape index (κ3) is 11.0. The van der Waals surface area contributed by atoms with E-state index >= 15 is 0 Å². The molecule has 0 radical (unpaired) electrons. The molecule has 0 saturated carbocycles. The molecule has 34 heavy (non-hydrogen) atoms. The van der Waals surface area contributed by atoms with Crippen molar-refractivity contribution in [1.82, 2.24) is 0 Å². The van der Waals surface area contributed by atoms with Crippen molar-refractivity contribution >= 4 is 16.4 Å². The van der Waals surface area contributed by atoms with E-state index in [1.54, 1.807) is 0 Å². The van der Waals surface area contributed by atoms with Gasteiger partial charge in [-0.3, -0.25) is 0 Å². The van der Waals surface area contributed by atoms with Gasteiger partial charge in [0.05, 0.1) is 5.60 Å². The summed E-state index contributed by atoms with van der Waals surface area (Å²) in [6.45, 7) is 30.5. The largest absolute Gasteiger partial charge is 0.507 e. The van der Waals surface area contributed by atoms with Crippen LogP contribution < -0.4 is 0 Å². The van der Waals surface area contributed by atoms with E-state index in [-0.39, 0.29) is 16.4 Å². The van der Waals surface area contributed by atoms with Crippen molar-refractivity contribution in [2.75, 3.05) is 0 Å². The highest BCUT2D eigenvalue weighted by molar-refractivity contribution is 6.76. The standard InChI is InChI=1S/C30H58O2Si2/c1-14-15-19-30(7,32-34(11,12)13)22-29(6,23-33(8,9)10)18-16-17-25-20-24(2)21-26(27(25)31)28(3,4)5/h20-21,31H,14-19,22-23H2,1-13H3. The van der Waals surface area contributed by atoms with E-state index in [1.165, 1.54) is 30.9 Å². The summed E-state index contributed by atoms with van der Waals surface area (Å²) in [4.78, 5) is 0. The molecule has 0 aromatic heterocycles. The fraction of sp³-hybridized carbons (Fsp3) is 0.800. The van der Waals surface area contributed by atoms with Gasteiger partial charge in [-0.15, -0.1) is 0 Å². The van der Waals surface area contributed by atoms with Crippen LogP contribution in [0.4, 0.5) is 0 Å². The highest BCUT2D eigenvalue weighted by Gasteiger charge is 2.40. The van der Waals surface area contributed by atoms with Gasteiger partial charge in [-0.1, -0.05) is 90.8 Å². The number of phenols is 1. The molecule has 0 saturated heterocycles. The summed E-state index contributed by atoms with van der Waals surface area (Å²) < 4.78 is 6.90. The van der Waals surface area contributed by atoms with Gasteiger partial charge in [0.25, 0.3) is 0 Å². The maximum absolute atomic E-state index is 11.1. The normalized spacial score (nSPS) is 16.9.